The minimum Gasteiger partial charge on any atom is -0.309 e. The van der Waals surface area contributed by atoms with E-state index in [9.17, 15) is 9.18 Å². The molecule has 4 bridgehead atoms. The van der Waals surface area contributed by atoms with Crippen LogP contribution in [0.1, 0.15) is 50.5 Å². The summed E-state index contributed by atoms with van der Waals surface area (Å²) in [5.41, 5.74) is 1.22. The van der Waals surface area contributed by atoms with Crippen molar-refractivity contribution in [1.82, 2.24) is 9.78 Å². The van der Waals surface area contributed by atoms with Gasteiger partial charge in [-0.1, -0.05) is 12.1 Å². The maximum atomic E-state index is 13.0. The van der Waals surface area contributed by atoms with E-state index in [-0.39, 0.29) is 17.1 Å². The van der Waals surface area contributed by atoms with Crippen LogP contribution in [-0.4, -0.2) is 15.7 Å². The summed E-state index contributed by atoms with van der Waals surface area (Å²) in [6.07, 6.45) is 10.4. The Morgan fingerprint density at radius 1 is 1.07 bits per heavy atom. The second-order valence-electron chi connectivity index (χ2n) is 9.17. The molecule has 4 fully saturated rings. The third-order valence-electron chi connectivity index (χ3n) is 6.87. The lowest BCUT2D eigenvalue weighted by molar-refractivity contribution is -0.124. The van der Waals surface area contributed by atoms with Crippen molar-refractivity contribution in [3.63, 3.8) is 0 Å². The zero-order valence-electron chi connectivity index (χ0n) is 15.5. The van der Waals surface area contributed by atoms with E-state index in [1.165, 1.54) is 50.7 Å². The molecule has 0 saturated heterocycles. The fourth-order valence-electron chi connectivity index (χ4n) is 6.33. The van der Waals surface area contributed by atoms with Crippen molar-refractivity contribution in [3.8, 4) is 0 Å². The van der Waals surface area contributed by atoms with E-state index in [1.54, 1.807) is 16.8 Å². The molecular weight excluding hydrogens is 341 g/mol. The molecule has 27 heavy (non-hydrogen) atoms. The number of halogens is 1. The maximum Gasteiger partial charge on any atom is 0.226 e. The highest BCUT2D eigenvalue weighted by molar-refractivity contribution is 5.90. The normalized spacial score (nSPS) is 31.2. The van der Waals surface area contributed by atoms with Crippen LogP contribution in [0.15, 0.2) is 36.5 Å². The van der Waals surface area contributed by atoms with Gasteiger partial charge in [0.25, 0.3) is 0 Å². The number of nitrogens with one attached hydrogen (secondary N) is 1. The number of amides is 1. The number of benzene rings is 1. The SMILES string of the molecule is O=C(CC12CC3CC(CC(C3)C1)C2)Nc1ccn(Cc2ccc(F)cc2)n1. The van der Waals surface area contributed by atoms with Crippen LogP contribution in [0.2, 0.25) is 0 Å². The van der Waals surface area contributed by atoms with Crippen molar-refractivity contribution in [2.45, 2.75) is 51.5 Å². The molecule has 2 aromatic rings. The van der Waals surface area contributed by atoms with Crippen molar-refractivity contribution < 1.29 is 9.18 Å². The lowest BCUT2D eigenvalue weighted by Gasteiger charge is -2.56. The van der Waals surface area contributed by atoms with Gasteiger partial charge < -0.3 is 5.32 Å². The molecule has 0 unspecified atom stereocenters. The van der Waals surface area contributed by atoms with E-state index in [2.05, 4.69) is 10.4 Å². The van der Waals surface area contributed by atoms with E-state index in [0.29, 0.717) is 18.8 Å². The fraction of sp³-hybridized carbons (Fsp3) is 0.545. The first kappa shape index (κ1) is 17.0. The summed E-state index contributed by atoms with van der Waals surface area (Å²) in [5, 5.41) is 7.45. The van der Waals surface area contributed by atoms with Gasteiger partial charge in [0.1, 0.15) is 5.82 Å². The number of anilines is 1. The predicted molar refractivity (Wildman–Crippen MR) is 102 cm³/mol. The van der Waals surface area contributed by atoms with Crippen molar-refractivity contribution >= 4 is 11.7 Å². The number of aromatic nitrogens is 2. The standard InChI is InChI=1S/C22H26FN3O/c23-19-3-1-15(2-4-19)14-26-6-5-20(25-26)24-21(27)13-22-10-16-7-17(11-22)9-18(8-16)12-22/h1-6,16-18H,7-14H2,(H,24,25,27). The molecule has 0 aliphatic heterocycles. The van der Waals surface area contributed by atoms with Crippen LogP contribution >= 0.6 is 0 Å². The molecule has 0 atom stereocenters. The summed E-state index contributed by atoms with van der Waals surface area (Å²) < 4.78 is 14.8. The highest BCUT2D eigenvalue weighted by atomic mass is 19.1. The molecule has 0 spiro atoms. The van der Waals surface area contributed by atoms with Gasteiger partial charge in [-0.2, -0.15) is 5.10 Å². The van der Waals surface area contributed by atoms with E-state index in [1.807, 2.05) is 12.3 Å². The van der Waals surface area contributed by atoms with Crippen molar-refractivity contribution in [2.75, 3.05) is 5.32 Å². The Bertz CT molecular complexity index is 806. The van der Waals surface area contributed by atoms with Crippen molar-refractivity contribution in [3.05, 3.63) is 47.9 Å². The van der Waals surface area contributed by atoms with Crippen LogP contribution in [0.4, 0.5) is 10.2 Å². The Morgan fingerprint density at radius 3 is 2.33 bits per heavy atom. The average molecular weight is 367 g/mol. The minimum absolute atomic E-state index is 0.101. The first-order chi connectivity index (χ1) is 13.1. The number of carbonyl (C=O) groups is 1. The first-order valence-corrected chi connectivity index (χ1v) is 10.1. The molecule has 6 rings (SSSR count). The second kappa shape index (κ2) is 6.47. The second-order valence-corrected chi connectivity index (χ2v) is 9.17. The molecule has 4 saturated carbocycles. The van der Waals surface area contributed by atoms with Crippen LogP contribution in [0.3, 0.4) is 0 Å². The van der Waals surface area contributed by atoms with Gasteiger partial charge in [0.15, 0.2) is 5.82 Å². The summed E-state index contributed by atoms with van der Waals surface area (Å²) in [6, 6.07) is 8.24. The van der Waals surface area contributed by atoms with E-state index in [0.717, 1.165) is 23.3 Å². The first-order valence-electron chi connectivity index (χ1n) is 10.1. The largest absolute Gasteiger partial charge is 0.309 e. The van der Waals surface area contributed by atoms with Gasteiger partial charge in [-0.3, -0.25) is 9.48 Å². The maximum absolute atomic E-state index is 13.0. The number of hydrogen-bond donors (Lipinski definition) is 1. The highest BCUT2D eigenvalue weighted by Crippen LogP contribution is 2.61. The van der Waals surface area contributed by atoms with E-state index in [4.69, 9.17) is 0 Å². The van der Waals surface area contributed by atoms with Crippen LogP contribution in [0.25, 0.3) is 0 Å². The van der Waals surface area contributed by atoms with Gasteiger partial charge in [-0.05, 0) is 79.4 Å². The Morgan fingerprint density at radius 2 is 1.70 bits per heavy atom. The van der Waals surface area contributed by atoms with Crippen LogP contribution < -0.4 is 5.32 Å². The molecule has 1 aromatic heterocycles. The Hall–Kier alpha value is -2.17. The molecule has 1 aromatic carbocycles. The quantitative estimate of drug-likeness (QED) is 0.838. The Balaban J connectivity index is 1.20. The van der Waals surface area contributed by atoms with Crippen LogP contribution in [0, 0.1) is 29.0 Å². The number of hydrogen-bond acceptors (Lipinski definition) is 2. The highest BCUT2D eigenvalue weighted by Gasteiger charge is 2.51. The molecule has 0 radical (unpaired) electrons. The summed E-state index contributed by atoms with van der Waals surface area (Å²) in [6.45, 7) is 0.561. The third kappa shape index (κ3) is 3.52. The summed E-state index contributed by atoms with van der Waals surface area (Å²) in [5.74, 6) is 3.05. The monoisotopic (exact) mass is 367 g/mol. The van der Waals surface area contributed by atoms with Gasteiger partial charge in [0, 0.05) is 18.7 Å². The predicted octanol–water partition coefficient (Wildman–Crippen LogP) is 4.62. The fourth-order valence-corrected chi connectivity index (χ4v) is 6.33. The van der Waals surface area contributed by atoms with Gasteiger partial charge in [-0.15, -0.1) is 0 Å². The molecule has 1 N–H and O–H groups in total. The van der Waals surface area contributed by atoms with Crippen molar-refractivity contribution in [2.24, 2.45) is 23.2 Å². The molecule has 4 aliphatic carbocycles. The third-order valence-corrected chi connectivity index (χ3v) is 6.87. The zero-order chi connectivity index (χ0) is 18.4. The van der Waals surface area contributed by atoms with Crippen LogP contribution in [-0.2, 0) is 11.3 Å². The lowest BCUT2D eigenvalue weighted by atomic mass is 9.49. The molecule has 142 valence electrons. The molecule has 1 amide bonds. The lowest BCUT2D eigenvalue weighted by Crippen LogP contribution is -2.47. The molecule has 1 heterocycles. The number of carbonyl (C=O) groups excluding carboxylic acids is 1. The zero-order valence-corrected chi connectivity index (χ0v) is 15.5. The topological polar surface area (TPSA) is 46.9 Å². The Kier molecular flexibility index (Phi) is 4.06. The average Bonchev–Trinajstić information content (AvgIpc) is 3.02. The van der Waals surface area contributed by atoms with Gasteiger partial charge in [0.05, 0.1) is 6.54 Å². The van der Waals surface area contributed by atoms with E-state index >= 15 is 0 Å². The number of nitrogens with zero attached hydrogens (tertiary/aromatic N) is 2. The molecule has 4 aliphatic rings. The van der Waals surface area contributed by atoms with E-state index < -0.39 is 0 Å². The molecule has 5 heteroatoms. The number of rotatable bonds is 5. The summed E-state index contributed by atoms with van der Waals surface area (Å²) in [7, 11) is 0. The van der Waals surface area contributed by atoms with Crippen molar-refractivity contribution in [1.29, 1.82) is 0 Å². The minimum atomic E-state index is -0.239. The summed E-state index contributed by atoms with van der Waals surface area (Å²) >= 11 is 0. The van der Waals surface area contributed by atoms with Gasteiger partial charge in [0.2, 0.25) is 5.91 Å². The Labute approximate surface area is 159 Å². The summed E-state index contributed by atoms with van der Waals surface area (Å²) in [4.78, 5) is 12.7. The molecular formula is C22H26FN3O. The van der Waals surface area contributed by atoms with Gasteiger partial charge in [-0.25, -0.2) is 4.39 Å². The smallest absolute Gasteiger partial charge is 0.226 e. The van der Waals surface area contributed by atoms with Crippen LogP contribution in [0.5, 0.6) is 0 Å². The molecule has 4 nitrogen and oxygen atoms in total. The van der Waals surface area contributed by atoms with Gasteiger partial charge >= 0.3 is 0 Å².